The van der Waals surface area contributed by atoms with Crippen molar-refractivity contribution in [2.45, 2.75) is 6.42 Å². The molecule has 0 aliphatic carbocycles. The Morgan fingerprint density at radius 2 is 2.71 bits per heavy atom. The summed E-state index contributed by atoms with van der Waals surface area (Å²) in [6.07, 6.45) is 2.27. The summed E-state index contributed by atoms with van der Waals surface area (Å²) in [5, 5.41) is 0. The van der Waals surface area contributed by atoms with Crippen LogP contribution in [0.4, 0.5) is 4.39 Å². The molecule has 0 saturated heterocycles. The topological polar surface area (TPSA) is 9.23 Å². The van der Waals surface area contributed by atoms with E-state index >= 15 is 0 Å². The van der Waals surface area contributed by atoms with E-state index in [1.54, 1.807) is 0 Å². The Hall–Kier alpha value is -0.530. The lowest BCUT2D eigenvalue weighted by Gasteiger charge is -1.82. The molecule has 0 atom stereocenters. The minimum Gasteiger partial charge on any atom is -0.501 e. The van der Waals surface area contributed by atoms with Crippen molar-refractivity contribution in [2.75, 3.05) is 13.3 Å². The number of halogens is 1. The molecule has 1 rings (SSSR count). The Morgan fingerprint density at radius 1 is 1.86 bits per heavy atom. The van der Waals surface area contributed by atoms with Crippen molar-refractivity contribution < 1.29 is 9.13 Å². The van der Waals surface area contributed by atoms with Crippen molar-refractivity contribution in [3.8, 4) is 0 Å². The summed E-state index contributed by atoms with van der Waals surface area (Å²) in [6.45, 7) is 0.319. The third-order valence-electron chi connectivity index (χ3n) is 0.963. The molecule has 0 radical (unpaired) electrons. The lowest BCUT2D eigenvalue weighted by Crippen LogP contribution is -1.79. The molecular weight excluding hydrogens is 95.1 g/mol. The van der Waals surface area contributed by atoms with Crippen molar-refractivity contribution in [2.24, 2.45) is 0 Å². The fourth-order valence-electron chi connectivity index (χ4n) is 0.524. The molecule has 0 aromatic carbocycles. The number of alkyl halides is 1. The van der Waals surface area contributed by atoms with E-state index in [4.69, 9.17) is 4.74 Å². The highest BCUT2D eigenvalue weighted by Gasteiger charge is 2.02. The van der Waals surface area contributed by atoms with Crippen molar-refractivity contribution in [3.63, 3.8) is 0 Å². The molecule has 0 saturated carbocycles. The van der Waals surface area contributed by atoms with E-state index in [2.05, 4.69) is 0 Å². The average Bonchev–Trinajstić information content (AvgIpc) is 2.14. The molecule has 1 aliphatic heterocycles. The van der Waals surface area contributed by atoms with Gasteiger partial charge < -0.3 is 4.74 Å². The molecule has 1 nitrogen and oxygen atoms in total. The Bertz CT molecular complexity index is 88.1. The summed E-state index contributed by atoms with van der Waals surface area (Å²) in [5.41, 5.74) is 0.778. The Labute approximate surface area is 41.8 Å². The Kier molecular flexibility index (Phi) is 1.29. The molecule has 1 heterocycles. The molecule has 0 N–H and O–H groups in total. The van der Waals surface area contributed by atoms with Gasteiger partial charge in [0.05, 0.1) is 12.9 Å². The van der Waals surface area contributed by atoms with E-state index in [-0.39, 0.29) is 6.67 Å². The smallest absolute Gasteiger partial charge is 0.114 e. The molecular formula is C5H7FO. The monoisotopic (exact) mass is 102 g/mol. The van der Waals surface area contributed by atoms with Gasteiger partial charge in [0.2, 0.25) is 0 Å². The summed E-state index contributed by atoms with van der Waals surface area (Å²) in [5.74, 6) is 0. The highest BCUT2D eigenvalue weighted by Crippen LogP contribution is 2.09. The first kappa shape index (κ1) is 4.62. The molecule has 1 aliphatic rings. The highest BCUT2D eigenvalue weighted by atomic mass is 19.1. The average molecular weight is 102 g/mol. The Balaban J connectivity index is 2.36. The number of rotatable bonds is 1. The summed E-state index contributed by atoms with van der Waals surface area (Å²) in [6, 6.07) is 0. The largest absolute Gasteiger partial charge is 0.501 e. The van der Waals surface area contributed by atoms with Crippen LogP contribution in [0.2, 0.25) is 0 Å². The quantitative estimate of drug-likeness (QED) is 0.484. The molecule has 0 amide bonds. The van der Waals surface area contributed by atoms with E-state index in [1.165, 1.54) is 6.26 Å². The fourth-order valence-corrected chi connectivity index (χ4v) is 0.524. The van der Waals surface area contributed by atoms with Gasteiger partial charge in [-0.15, -0.1) is 0 Å². The van der Waals surface area contributed by atoms with Gasteiger partial charge in [-0.3, -0.25) is 0 Å². The predicted octanol–water partition coefficient (Wildman–Crippen LogP) is 1.26. The highest BCUT2D eigenvalue weighted by molar-refractivity contribution is 5.01. The standard InChI is InChI=1S/C5H7FO/c6-3-5-1-2-7-4-5/h4H,1-3H2. The summed E-state index contributed by atoms with van der Waals surface area (Å²) >= 11 is 0. The first-order chi connectivity index (χ1) is 3.43. The molecule has 0 unspecified atom stereocenters. The van der Waals surface area contributed by atoms with Gasteiger partial charge in [-0.05, 0) is 5.57 Å². The summed E-state index contributed by atoms with van der Waals surface area (Å²) < 4.78 is 16.3. The lowest BCUT2D eigenvalue weighted by molar-refractivity contribution is 0.281. The predicted molar refractivity (Wildman–Crippen MR) is 24.6 cm³/mol. The van der Waals surface area contributed by atoms with Crippen LogP contribution >= 0.6 is 0 Å². The van der Waals surface area contributed by atoms with E-state index < -0.39 is 0 Å². The second kappa shape index (κ2) is 1.96. The van der Waals surface area contributed by atoms with Gasteiger partial charge in [0, 0.05) is 6.42 Å². The minimum absolute atomic E-state index is 0.347. The molecule has 0 spiro atoms. The van der Waals surface area contributed by atoms with Crippen LogP contribution in [0.1, 0.15) is 6.42 Å². The SMILES string of the molecule is FCC1=COCC1. The zero-order valence-corrected chi connectivity index (χ0v) is 3.98. The van der Waals surface area contributed by atoms with E-state index in [1.807, 2.05) is 0 Å². The van der Waals surface area contributed by atoms with Gasteiger partial charge in [0.1, 0.15) is 6.67 Å². The normalized spacial score (nSPS) is 18.7. The second-order valence-corrected chi connectivity index (χ2v) is 1.53. The van der Waals surface area contributed by atoms with E-state index in [9.17, 15) is 4.39 Å². The van der Waals surface area contributed by atoms with Crippen LogP contribution in [-0.2, 0) is 4.74 Å². The van der Waals surface area contributed by atoms with Crippen LogP contribution in [0, 0.1) is 0 Å². The molecule has 40 valence electrons. The summed E-state index contributed by atoms with van der Waals surface area (Å²) in [7, 11) is 0. The van der Waals surface area contributed by atoms with Gasteiger partial charge in [0.25, 0.3) is 0 Å². The first-order valence-electron chi connectivity index (χ1n) is 2.29. The number of ether oxygens (including phenoxy) is 1. The van der Waals surface area contributed by atoms with E-state index in [0.29, 0.717) is 6.61 Å². The van der Waals surface area contributed by atoms with Gasteiger partial charge >= 0.3 is 0 Å². The number of hydrogen-bond acceptors (Lipinski definition) is 1. The maximum Gasteiger partial charge on any atom is 0.114 e. The van der Waals surface area contributed by atoms with Gasteiger partial charge in [0.15, 0.2) is 0 Å². The molecule has 0 aromatic rings. The molecule has 2 heteroatoms. The van der Waals surface area contributed by atoms with E-state index in [0.717, 1.165) is 12.0 Å². The zero-order valence-electron chi connectivity index (χ0n) is 3.98. The van der Waals surface area contributed by atoms with Gasteiger partial charge in [-0.1, -0.05) is 0 Å². The first-order valence-corrected chi connectivity index (χ1v) is 2.29. The molecule has 0 fully saturated rings. The van der Waals surface area contributed by atoms with Crippen molar-refractivity contribution in [1.29, 1.82) is 0 Å². The molecule has 7 heavy (non-hydrogen) atoms. The second-order valence-electron chi connectivity index (χ2n) is 1.53. The maximum atomic E-state index is 11.5. The molecule has 0 bridgehead atoms. The minimum atomic E-state index is -0.347. The van der Waals surface area contributed by atoms with Crippen molar-refractivity contribution in [3.05, 3.63) is 11.8 Å². The fraction of sp³-hybridized carbons (Fsp3) is 0.600. The molecule has 0 aromatic heterocycles. The third kappa shape index (κ3) is 0.918. The van der Waals surface area contributed by atoms with Gasteiger partial charge in [-0.25, -0.2) is 4.39 Å². The van der Waals surface area contributed by atoms with Crippen LogP contribution in [0.15, 0.2) is 11.8 Å². The van der Waals surface area contributed by atoms with Crippen molar-refractivity contribution >= 4 is 0 Å². The van der Waals surface area contributed by atoms with Crippen molar-refractivity contribution in [1.82, 2.24) is 0 Å². The zero-order chi connectivity index (χ0) is 5.11. The maximum absolute atomic E-state index is 11.5. The van der Waals surface area contributed by atoms with Crippen LogP contribution < -0.4 is 0 Å². The summed E-state index contributed by atoms with van der Waals surface area (Å²) in [4.78, 5) is 0. The number of hydrogen-bond donors (Lipinski definition) is 0. The van der Waals surface area contributed by atoms with Gasteiger partial charge in [-0.2, -0.15) is 0 Å². The lowest BCUT2D eigenvalue weighted by atomic mass is 10.3. The van der Waals surface area contributed by atoms with Crippen LogP contribution in [0.3, 0.4) is 0 Å². The van der Waals surface area contributed by atoms with Crippen LogP contribution in [0.5, 0.6) is 0 Å². The van der Waals surface area contributed by atoms with Crippen LogP contribution in [0.25, 0.3) is 0 Å². The Morgan fingerprint density at radius 3 is 3.00 bits per heavy atom. The van der Waals surface area contributed by atoms with Crippen LogP contribution in [-0.4, -0.2) is 13.3 Å². The third-order valence-corrected chi connectivity index (χ3v) is 0.963.